The minimum Gasteiger partial charge on any atom is -0.383 e. The number of hydrogen-bond donors (Lipinski definition) is 1. The summed E-state index contributed by atoms with van der Waals surface area (Å²) < 4.78 is 6.70. The third-order valence-electron chi connectivity index (χ3n) is 4.17. The van der Waals surface area contributed by atoms with Gasteiger partial charge in [-0.1, -0.05) is 6.42 Å². The Bertz CT molecular complexity index is 782. The number of nitrogens with zero attached hydrogens (tertiary/aromatic N) is 2. The lowest BCUT2D eigenvalue weighted by Crippen LogP contribution is -2.27. The Morgan fingerprint density at radius 2 is 2.22 bits per heavy atom. The van der Waals surface area contributed by atoms with E-state index in [9.17, 15) is 9.59 Å². The molecular formula is C17H21N3O3. The van der Waals surface area contributed by atoms with E-state index in [4.69, 9.17) is 4.74 Å². The van der Waals surface area contributed by atoms with Crippen molar-refractivity contribution in [2.45, 2.75) is 32.2 Å². The van der Waals surface area contributed by atoms with Gasteiger partial charge in [-0.3, -0.25) is 14.2 Å². The highest BCUT2D eigenvalue weighted by molar-refractivity contribution is 5.97. The van der Waals surface area contributed by atoms with Crippen LogP contribution in [0.25, 0.3) is 10.9 Å². The number of ether oxygens (including phenoxy) is 1. The minimum atomic E-state index is -0.180. The molecular weight excluding hydrogens is 294 g/mol. The minimum absolute atomic E-state index is 0.00163. The third kappa shape index (κ3) is 3.27. The van der Waals surface area contributed by atoms with Crippen LogP contribution >= 0.6 is 0 Å². The van der Waals surface area contributed by atoms with Crippen LogP contribution in [0.2, 0.25) is 0 Å². The Hall–Kier alpha value is -2.21. The Morgan fingerprint density at radius 3 is 3.04 bits per heavy atom. The van der Waals surface area contributed by atoms with Crippen molar-refractivity contribution in [2.24, 2.45) is 0 Å². The van der Waals surface area contributed by atoms with Crippen molar-refractivity contribution in [2.75, 3.05) is 20.3 Å². The molecule has 0 fully saturated rings. The number of methoxy groups -OCH3 is 1. The quantitative estimate of drug-likeness (QED) is 0.868. The van der Waals surface area contributed by atoms with E-state index in [0.29, 0.717) is 29.6 Å². The molecule has 2 heterocycles. The Morgan fingerprint density at radius 1 is 1.35 bits per heavy atom. The van der Waals surface area contributed by atoms with Crippen LogP contribution < -0.4 is 10.9 Å². The first-order valence-electron chi connectivity index (χ1n) is 8.01. The second-order valence-corrected chi connectivity index (χ2v) is 5.78. The Balaban J connectivity index is 1.96. The number of carbonyl (C=O) groups is 1. The van der Waals surface area contributed by atoms with Gasteiger partial charge in [0.25, 0.3) is 11.5 Å². The first kappa shape index (κ1) is 15.7. The van der Waals surface area contributed by atoms with Gasteiger partial charge in [0.05, 0.1) is 17.5 Å². The molecule has 0 unspecified atom stereocenters. The number of aromatic nitrogens is 2. The van der Waals surface area contributed by atoms with Crippen molar-refractivity contribution in [3.8, 4) is 0 Å². The zero-order valence-corrected chi connectivity index (χ0v) is 13.3. The van der Waals surface area contributed by atoms with E-state index in [1.807, 2.05) is 0 Å². The van der Waals surface area contributed by atoms with Gasteiger partial charge >= 0.3 is 0 Å². The van der Waals surface area contributed by atoms with Crippen LogP contribution in [-0.4, -0.2) is 35.7 Å². The molecule has 6 nitrogen and oxygen atoms in total. The molecule has 0 atom stereocenters. The number of amides is 1. The van der Waals surface area contributed by atoms with E-state index < -0.39 is 0 Å². The Labute approximate surface area is 134 Å². The molecule has 2 aromatic rings. The summed E-state index contributed by atoms with van der Waals surface area (Å²) in [6.07, 6.45) is 4.00. The van der Waals surface area contributed by atoms with E-state index in [1.54, 1.807) is 29.9 Å². The summed E-state index contributed by atoms with van der Waals surface area (Å²) in [5, 5.41) is 3.35. The highest BCUT2D eigenvalue weighted by atomic mass is 16.5. The van der Waals surface area contributed by atoms with Crippen molar-refractivity contribution < 1.29 is 9.53 Å². The second-order valence-electron chi connectivity index (χ2n) is 5.78. The molecule has 0 saturated carbocycles. The van der Waals surface area contributed by atoms with Crippen LogP contribution in [-0.2, 0) is 17.7 Å². The molecule has 1 aliphatic heterocycles. The number of benzene rings is 1. The predicted molar refractivity (Wildman–Crippen MR) is 87.8 cm³/mol. The van der Waals surface area contributed by atoms with Gasteiger partial charge in [-0.15, -0.1) is 0 Å². The summed E-state index contributed by atoms with van der Waals surface area (Å²) in [5.41, 5.74) is 1.11. The average molecular weight is 315 g/mol. The average Bonchev–Trinajstić information content (AvgIpc) is 2.80. The van der Waals surface area contributed by atoms with Crippen molar-refractivity contribution >= 4 is 16.8 Å². The SMILES string of the molecule is COCCNC(=O)c1ccc2c(=O)n3c(nc2c1)CCCCC3. The normalized spacial score (nSPS) is 14.3. The highest BCUT2D eigenvalue weighted by Crippen LogP contribution is 2.16. The molecule has 1 aromatic carbocycles. The second kappa shape index (κ2) is 6.91. The van der Waals surface area contributed by atoms with E-state index in [0.717, 1.165) is 38.1 Å². The number of carbonyl (C=O) groups excluding carboxylic acids is 1. The van der Waals surface area contributed by atoms with Gasteiger partial charge in [-0.05, 0) is 31.0 Å². The summed E-state index contributed by atoms with van der Waals surface area (Å²) in [6.45, 7) is 1.65. The molecule has 23 heavy (non-hydrogen) atoms. The molecule has 1 aliphatic rings. The lowest BCUT2D eigenvalue weighted by Gasteiger charge is -2.11. The van der Waals surface area contributed by atoms with Gasteiger partial charge in [0.1, 0.15) is 5.82 Å². The zero-order chi connectivity index (χ0) is 16.2. The van der Waals surface area contributed by atoms with E-state index in [1.165, 1.54) is 0 Å². The van der Waals surface area contributed by atoms with Crippen molar-refractivity contribution in [3.05, 3.63) is 39.9 Å². The van der Waals surface area contributed by atoms with E-state index in [2.05, 4.69) is 10.3 Å². The number of hydrogen-bond acceptors (Lipinski definition) is 4. The highest BCUT2D eigenvalue weighted by Gasteiger charge is 2.15. The zero-order valence-electron chi connectivity index (χ0n) is 13.3. The van der Waals surface area contributed by atoms with Crippen LogP contribution in [0.3, 0.4) is 0 Å². The van der Waals surface area contributed by atoms with Gasteiger partial charge in [0, 0.05) is 32.2 Å². The van der Waals surface area contributed by atoms with Crippen LogP contribution in [0, 0.1) is 0 Å². The first-order valence-corrected chi connectivity index (χ1v) is 8.01. The molecule has 122 valence electrons. The molecule has 1 aromatic heterocycles. The van der Waals surface area contributed by atoms with Crippen LogP contribution in [0.1, 0.15) is 35.4 Å². The van der Waals surface area contributed by atoms with Crippen LogP contribution in [0.5, 0.6) is 0 Å². The van der Waals surface area contributed by atoms with Crippen LogP contribution in [0.4, 0.5) is 0 Å². The maximum atomic E-state index is 12.6. The van der Waals surface area contributed by atoms with Gasteiger partial charge in [-0.25, -0.2) is 4.98 Å². The lowest BCUT2D eigenvalue weighted by molar-refractivity contribution is 0.0937. The number of aryl methyl sites for hydroxylation is 1. The van der Waals surface area contributed by atoms with Gasteiger partial charge in [0.2, 0.25) is 0 Å². The van der Waals surface area contributed by atoms with Gasteiger partial charge in [-0.2, -0.15) is 0 Å². The van der Waals surface area contributed by atoms with Crippen molar-refractivity contribution in [3.63, 3.8) is 0 Å². The molecule has 1 amide bonds. The maximum absolute atomic E-state index is 12.6. The molecule has 1 N–H and O–H groups in total. The molecule has 0 radical (unpaired) electrons. The molecule has 0 bridgehead atoms. The standard InChI is InChI=1S/C17H21N3O3/c1-23-10-8-18-16(21)12-6-7-13-14(11-12)19-15-5-3-2-4-9-20(15)17(13)22/h6-7,11H,2-5,8-10H2,1H3,(H,18,21). The first-order chi connectivity index (χ1) is 11.2. The molecule has 6 heteroatoms. The summed E-state index contributed by atoms with van der Waals surface area (Å²) in [7, 11) is 1.59. The van der Waals surface area contributed by atoms with Crippen molar-refractivity contribution in [1.29, 1.82) is 0 Å². The smallest absolute Gasteiger partial charge is 0.261 e. The summed E-state index contributed by atoms with van der Waals surface area (Å²) in [6, 6.07) is 5.08. The largest absolute Gasteiger partial charge is 0.383 e. The fourth-order valence-electron chi connectivity index (χ4n) is 2.93. The lowest BCUT2D eigenvalue weighted by atomic mass is 10.1. The molecule has 0 spiro atoms. The van der Waals surface area contributed by atoms with Gasteiger partial charge < -0.3 is 10.1 Å². The summed E-state index contributed by atoms with van der Waals surface area (Å²) in [5.74, 6) is 0.651. The molecule has 0 aliphatic carbocycles. The van der Waals surface area contributed by atoms with E-state index >= 15 is 0 Å². The van der Waals surface area contributed by atoms with E-state index in [-0.39, 0.29) is 11.5 Å². The number of nitrogens with one attached hydrogen (secondary N) is 1. The number of fused-ring (bicyclic) bond motifs is 2. The summed E-state index contributed by atoms with van der Waals surface area (Å²) >= 11 is 0. The number of rotatable bonds is 4. The predicted octanol–water partition coefficient (Wildman–Crippen LogP) is 1.50. The molecule has 3 rings (SSSR count). The Kier molecular flexibility index (Phi) is 4.71. The molecule has 0 saturated heterocycles. The fourth-order valence-corrected chi connectivity index (χ4v) is 2.93. The fraction of sp³-hybridized carbons (Fsp3) is 0.471. The third-order valence-corrected chi connectivity index (χ3v) is 4.17. The topological polar surface area (TPSA) is 73.2 Å². The van der Waals surface area contributed by atoms with Crippen LogP contribution in [0.15, 0.2) is 23.0 Å². The van der Waals surface area contributed by atoms with Crippen molar-refractivity contribution in [1.82, 2.24) is 14.9 Å². The maximum Gasteiger partial charge on any atom is 0.261 e. The summed E-state index contributed by atoms with van der Waals surface area (Å²) in [4.78, 5) is 29.4. The van der Waals surface area contributed by atoms with Gasteiger partial charge in [0.15, 0.2) is 0 Å². The monoisotopic (exact) mass is 315 g/mol.